The third-order valence-corrected chi connectivity index (χ3v) is 5.06. The van der Waals surface area contributed by atoms with Gasteiger partial charge in [-0.15, -0.1) is 0 Å². The van der Waals surface area contributed by atoms with Crippen LogP contribution in [0.25, 0.3) is 0 Å². The minimum atomic E-state index is -3.84. The van der Waals surface area contributed by atoms with E-state index in [1.54, 1.807) is 0 Å². The van der Waals surface area contributed by atoms with Gasteiger partial charge in [-0.1, -0.05) is 6.07 Å². The van der Waals surface area contributed by atoms with Gasteiger partial charge in [-0.3, -0.25) is 0 Å². The maximum atomic E-state index is 13.2. The number of rotatable bonds is 5. The summed E-state index contributed by atoms with van der Waals surface area (Å²) in [6.07, 6.45) is 0.794. The molecule has 0 aliphatic carbocycles. The molecule has 1 aliphatic rings. The Balaban J connectivity index is 2.15. The molecule has 2 unspecified atom stereocenters. The molecule has 2 rings (SSSR count). The van der Waals surface area contributed by atoms with E-state index >= 15 is 0 Å². The smallest absolute Gasteiger partial charge is 0.241 e. The number of aliphatic hydroxyl groups excluding tert-OH is 1. The molecule has 0 saturated carbocycles. The van der Waals surface area contributed by atoms with Crippen LogP contribution in [-0.4, -0.2) is 32.8 Å². The quantitative estimate of drug-likeness (QED) is 0.851. The number of nitrogens with one attached hydrogen (secondary N) is 1. The van der Waals surface area contributed by atoms with Gasteiger partial charge >= 0.3 is 0 Å². The fourth-order valence-corrected chi connectivity index (χ4v) is 3.58. The van der Waals surface area contributed by atoms with E-state index in [9.17, 15) is 12.8 Å². The Bertz CT molecular complexity index is 576. The largest absolute Gasteiger partial charge is 0.392 e. The first-order valence-electron chi connectivity index (χ1n) is 6.44. The Hall–Kier alpha value is -1.02. The molecule has 1 saturated heterocycles. The molecule has 1 fully saturated rings. The number of halogens is 1. The van der Waals surface area contributed by atoms with E-state index in [4.69, 9.17) is 9.84 Å². The summed E-state index contributed by atoms with van der Waals surface area (Å²) in [5, 5.41) is 9.16. The predicted molar refractivity (Wildman–Crippen MR) is 71.0 cm³/mol. The van der Waals surface area contributed by atoms with Gasteiger partial charge in [-0.05, 0) is 31.0 Å². The minimum absolute atomic E-state index is 0.00233. The molecule has 0 bridgehead atoms. The van der Waals surface area contributed by atoms with Crippen molar-refractivity contribution in [1.82, 2.24) is 4.72 Å². The molecule has 1 aromatic carbocycles. The monoisotopic (exact) mass is 303 g/mol. The Labute approximate surface area is 117 Å². The van der Waals surface area contributed by atoms with Gasteiger partial charge in [0.2, 0.25) is 10.0 Å². The van der Waals surface area contributed by atoms with E-state index in [1.807, 2.05) is 6.92 Å². The van der Waals surface area contributed by atoms with Crippen LogP contribution >= 0.6 is 0 Å². The zero-order valence-corrected chi connectivity index (χ0v) is 12.0. The summed E-state index contributed by atoms with van der Waals surface area (Å²) in [5.41, 5.74) is 0.176. The Morgan fingerprint density at radius 2 is 2.25 bits per heavy atom. The average Bonchev–Trinajstić information content (AvgIpc) is 2.82. The summed E-state index contributed by atoms with van der Waals surface area (Å²) < 4.78 is 45.4. The van der Waals surface area contributed by atoms with Crippen LogP contribution in [0.3, 0.4) is 0 Å². The summed E-state index contributed by atoms with van der Waals surface area (Å²) >= 11 is 0. The highest BCUT2D eigenvalue weighted by Gasteiger charge is 2.27. The summed E-state index contributed by atoms with van der Waals surface area (Å²) in [6, 6.07) is 3.31. The summed E-state index contributed by atoms with van der Waals surface area (Å²) in [5.74, 6) is -0.545. The average molecular weight is 303 g/mol. The lowest BCUT2D eigenvalue weighted by Gasteiger charge is -2.16. The third kappa shape index (κ3) is 3.35. The number of aliphatic hydroxyl groups is 1. The second kappa shape index (κ2) is 6.17. The molecule has 0 amide bonds. The number of benzene rings is 1. The van der Waals surface area contributed by atoms with Crippen LogP contribution in [0, 0.1) is 11.7 Å². The topological polar surface area (TPSA) is 75.6 Å². The molecule has 0 radical (unpaired) electrons. The highest BCUT2D eigenvalue weighted by molar-refractivity contribution is 7.89. The molecular formula is C13H18FNO4S. The lowest BCUT2D eigenvalue weighted by molar-refractivity contribution is 0.107. The highest BCUT2D eigenvalue weighted by atomic mass is 32.2. The zero-order valence-electron chi connectivity index (χ0n) is 11.2. The molecule has 1 aliphatic heterocycles. The first kappa shape index (κ1) is 15.4. The fraction of sp³-hybridized carbons (Fsp3) is 0.538. The zero-order chi connectivity index (χ0) is 14.8. The summed E-state index contributed by atoms with van der Waals surface area (Å²) in [4.78, 5) is -0.216. The lowest BCUT2D eigenvalue weighted by Crippen LogP contribution is -2.32. The van der Waals surface area contributed by atoms with E-state index in [0.29, 0.717) is 6.61 Å². The van der Waals surface area contributed by atoms with Crippen molar-refractivity contribution < 1.29 is 22.7 Å². The molecular weight excluding hydrogens is 285 g/mol. The van der Waals surface area contributed by atoms with Gasteiger partial charge in [0, 0.05) is 19.1 Å². The van der Waals surface area contributed by atoms with E-state index in [2.05, 4.69) is 4.72 Å². The normalized spacial score (nSPS) is 23.1. The second-order valence-electron chi connectivity index (χ2n) is 4.89. The molecule has 5 nitrogen and oxygen atoms in total. The van der Waals surface area contributed by atoms with Gasteiger partial charge in [0.05, 0.1) is 17.6 Å². The number of hydrogen-bond donors (Lipinski definition) is 2. The van der Waals surface area contributed by atoms with Crippen LogP contribution in [0.4, 0.5) is 4.39 Å². The predicted octanol–water partition coefficient (Wildman–Crippen LogP) is 1.02. The van der Waals surface area contributed by atoms with Crippen molar-refractivity contribution in [3.8, 4) is 0 Å². The van der Waals surface area contributed by atoms with Crippen LogP contribution in [0.2, 0.25) is 0 Å². The molecule has 20 heavy (non-hydrogen) atoms. The van der Waals surface area contributed by atoms with Crippen molar-refractivity contribution in [3.63, 3.8) is 0 Å². The maximum absolute atomic E-state index is 13.2. The van der Waals surface area contributed by atoms with Gasteiger partial charge in [0.15, 0.2) is 0 Å². The van der Waals surface area contributed by atoms with Gasteiger partial charge in [-0.25, -0.2) is 17.5 Å². The van der Waals surface area contributed by atoms with Crippen LogP contribution in [-0.2, 0) is 21.4 Å². The number of sulfonamides is 1. The Morgan fingerprint density at radius 1 is 1.50 bits per heavy atom. The third-order valence-electron chi connectivity index (χ3n) is 3.56. The molecule has 1 aromatic rings. The molecule has 0 spiro atoms. The first-order chi connectivity index (χ1) is 9.44. The molecule has 2 N–H and O–H groups in total. The van der Waals surface area contributed by atoms with Crippen molar-refractivity contribution in [2.75, 3.05) is 13.2 Å². The van der Waals surface area contributed by atoms with Gasteiger partial charge in [-0.2, -0.15) is 0 Å². The van der Waals surface area contributed by atoms with Gasteiger partial charge < -0.3 is 9.84 Å². The SMILES string of the molecule is CC1OCCC1CNS(=O)(=O)c1cc(F)ccc1CO. The summed E-state index contributed by atoms with van der Waals surface area (Å²) in [7, 11) is -3.84. The van der Waals surface area contributed by atoms with E-state index in [1.165, 1.54) is 6.07 Å². The van der Waals surface area contributed by atoms with E-state index in [-0.39, 0.29) is 29.0 Å². The lowest BCUT2D eigenvalue weighted by atomic mass is 10.0. The second-order valence-corrected chi connectivity index (χ2v) is 6.62. The molecule has 2 atom stereocenters. The van der Waals surface area contributed by atoms with E-state index in [0.717, 1.165) is 18.6 Å². The van der Waals surface area contributed by atoms with Crippen molar-refractivity contribution in [3.05, 3.63) is 29.6 Å². The first-order valence-corrected chi connectivity index (χ1v) is 7.93. The van der Waals surface area contributed by atoms with Crippen LogP contribution in [0.1, 0.15) is 18.9 Å². The van der Waals surface area contributed by atoms with Crippen molar-refractivity contribution >= 4 is 10.0 Å². The standard InChI is InChI=1S/C13H18FNO4S/c1-9-10(4-5-19-9)7-15-20(17,18)13-6-12(14)3-2-11(13)8-16/h2-3,6,9-10,15-16H,4-5,7-8H2,1H3. The van der Waals surface area contributed by atoms with Gasteiger partial charge in [0.1, 0.15) is 5.82 Å². The van der Waals surface area contributed by atoms with Crippen molar-refractivity contribution in [2.24, 2.45) is 5.92 Å². The maximum Gasteiger partial charge on any atom is 0.241 e. The molecule has 1 heterocycles. The van der Waals surface area contributed by atoms with Crippen LogP contribution in [0.15, 0.2) is 23.1 Å². The highest BCUT2D eigenvalue weighted by Crippen LogP contribution is 2.21. The van der Waals surface area contributed by atoms with Crippen LogP contribution < -0.4 is 4.72 Å². The van der Waals surface area contributed by atoms with Gasteiger partial charge in [0.25, 0.3) is 0 Å². The van der Waals surface area contributed by atoms with Crippen molar-refractivity contribution in [1.29, 1.82) is 0 Å². The fourth-order valence-electron chi connectivity index (χ4n) is 2.25. The summed E-state index contributed by atoms with van der Waals surface area (Å²) in [6.45, 7) is 2.30. The van der Waals surface area contributed by atoms with Crippen LogP contribution in [0.5, 0.6) is 0 Å². The Kier molecular flexibility index (Phi) is 4.74. The Morgan fingerprint density at radius 3 is 2.85 bits per heavy atom. The molecule has 0 aromatic heterocycles. The minimum Gasteiger partial charge on any atom is -0.392 e. The van der Waals surface area contributed by atoms with Crippen molar-refractivity contribution in [2.45, 2.75) is 31.0 Å². The number of ether oxygens (including phenoxy) is 1. The number of hydrogen-bond acceptors (Lipinski definition) is 4. The molecule has 7 heteroatoms. The molecule has 112 valence electrons. The van der Waals surface area contributed by atoms with E-state index < -0.39 is 22.4 Å².